The number of alkyl halides is 2. The van der Waals surface area contributed by atoms with Gasteiger partial charge in [0.25, 0.3) is 5.92 Å². The van der Waals surface area contributed by atoms with Crippen LogP contribution in [0, 0.1) is 13.8 Å². The van der Waals surface area contributed by atoms with Crippen LogP contribution in [0.25, 0.3) is 0 Å². The predicted molar refractivity (Wildman–Crippen MR) is 94.7 cm³/mol. The average molecular weight is 375 g/mol. The Morgan fingerprint density at radius 3 is 2.56 bits per heavy atom. The van der Waals surface area contributed by atoms with Crippen molar-refractivity contribution < 1.29 is 18.3 Å². The van der Waals surface area contributed by atoms with E-state index >= 15 is 0 Å². The maximum Gasteiger partial charge on any atom is 0.262 e. The van der Waals surface area contributed by atoms with Crippen LogP contribution in [0.4, 0.5) is 8.78 Å². The van der Waals surface area contributed by atoms with Crippen LogP contribution >= 0.6 is 12.4 Å². The molecule has 2 heterocycles. The van der Waals surface area contributed by atoms with Gasteiger partial charge in [-0.1, -0.05) is 12.1 Å². The van der Waals surface area contributed by atoms with E-state index in [1.807, 2.05) is 32.0 Å². The second-order valence-corrected chi connectivity index (χ2v) is 6.91. The molecular formula is C18H25ClF2N2O2. The van der Waals surface area contributed by atoms with Gasteiger partial charge in [0.05, 0.1) is 12.6 Å². The van der Waals surface area contributed by atoms with Crippen LogP contribution in [0.3, 0.4) is 0 Å². The van der Waals surface area contributed by atoms with Crippen molar-refractivity contribution in [2.45, 2.75) is 51.2 Å². The first-order valence-electron chi connectivity index (χ1n) is 8.48. The molecule has 1 N–H and O–H groups in total. The Hall–Kier alpha value is -1.40. The van der Waals surface area contributed by atoms with Gasteiger partial charge in [0.15, 0.2) is 0 Å². The number of piperidine rings is 1. The SMILES string of the molecule is Cc1ccc(C)c(OC2CCN(C(=O)C3CC(F)(F)CN3)CC2)c1.Cl. The van der Waals surface area contributed by atoms with Crippen LogP contribution in [0.1, 0.15) is 30.4 Å². The standard InChI is InChI=1S/C18H24F2N2O2.ClH/c1-12-3-4-13(2)16(9-12)24-14-5-7-22(8-6-14)17(23)15-10-18(19,20)11-21-15;/h3-4,9,14-15,21H,5-8,10-11H2,1-2H3;1H. The number of ether oxygens (including phenoxy) is 1. The van der Waals surface area contributed by atoms with Crippen molar-refractivity contribution in [3.8, 4) is 5.75 Å². The van der Waals surface area contributed by atoms with Crippen molar-refractivity contribution in [3.63, 3.8) is 0 Å². The Balaban J connectivity index is 0.00000225. The number of halogens is 3. The highest BCUT2D eigenvalue weighted by Crippen LogP contribution is 2.28. The number of benzene rings is 1. The first-order chi connectivity index (χ1) is 11.3. The van der Waals surface area contributed by atoms with Crippen LogP contribution in [0.2, 0.25) is 0 Å². The average Bonchev–Trinajstić information content (AvgIpc) is 2.91. The number of likely N-dealkylation sites (tertiary alicyclic amines) is 1. The molecule has 2 saturated heterocycles. The zero-order chi connectivity index (χ0) is 17.3. The fourth-order valence-electron chi connectivity index (χ4n) is 3.32. The van der Waals surface area contributed by atoms with E-state index in [2.05, 4.69) is 5.32 Å². The second kappa shape index (κ2) is 7.87. The maximum atomic E-state index is 13.2. The fraction of sp³-hybridized carbons (Fsp3) is 0.611. The lowest BCUT2D eigenvalue weighted by Gasteiger charge is -2.34. The molecule has 7 heteroatoms. The highest BCUT2D eigenvalue weighted by molar-refractivity contribution is 5.85. The van der Waals surface area contributed by atoms with Gasteiger partial charge in [-0.25, -0.2) is 8.78 Å². The van der Waals surface area contributed by atoms with Crippen LogP contribution in [0.15, 0.2) is 18.2 Å². The number of carbonyl (C=O) groups is 1. The number of aryl methyl sites for hydroxylation is 2. The topological polar surface area (TPSA) is 41.6 Å². The molecule has 0 aliphatic carbocycles. The number of amides is 1. The fourth-order valence-corrected chi connectivity index (χ4v) is 3.32. The van der Waals surface area contributed by atoms with Gasteiger partial charge >= 0.3 is 0 Å². The van der Waals surface area contributed by atoms with E-state index in [-0.39, 0.29) is 24.4 Å². The summed E-state index contributed by atoms with van der Waals surface area (Å²) in [5.74, 6) is -2.10. The third-order valence-corrected chi connectivity index (χ3v) is 4.80. The molecule has 25 heavy (non-hydrogen) atoms. The normalized spacial score (nSPS) is 23.2. The number of hydrogen-bond donors (Lipinski definition) is 1. The first-order valence-corrected chi connectivity index (χ1v) is 8.48. The Morgan fingerprint density at radius 1 is 1.28 bits per heavy atom. The molecule has 0 aromatic heterocycles. The van der Waals surface area contributed by atoms with E-state index in [4.69, 9.17) is 4.74 Å². The molecule has 3 rings (SSSR count). The molecule has 1 amide bonds. The van der Waals surface area contributed by atoms with Gasteiger partial charge in [-0.05, 0) is 31.0 Å². The van der Waals surface area contributed by atoms with Gasteiger partial charge in [-0.15, -0.1) is 12.4 Å². The van der Waals surface area contributed by atoms with Gasteiger partial charge < -0.3 is 9.64 Å². The highest BCUT2D eigenvalue weighted by Gasteiger charge is 2.43. The molecule has 1 aromatic carbocycles. The van der Waals surface area contributed by atoms with E-state index in [9.17, 15) is 13.6 Å². The molecular weight excluding hydrogens is 350 g/mol. The number of carbonyl (C=O) groups excluding carboxylic acids is 1. The molecule has 2 aliphatic heterocycles. The minimum absolute atomic E-state index is 0. The van der Waals surface area contributed by atoms with Gasteiger partial charge in [-0.3, -0.25) is 10.1 Å². The van der Waals surface area contributed by atoms with Gasteiger partial charge in [0.1, 0.15) is 11.9 Å². The Labute approximate surface area is 153 Å². The molecule has 1 aromatic rings. The molecule has 140 valence electrons. The quantitative estimate of drug-likeness (QED) is 0.884. The summed E-state index contributed by atoms with van der Waals surface area (Å²) in [4.78, 5) is 14.0. The van der Waals surface area contributed by atoms with Gasteiger partial charge in [0, 0.05) is 32.4 Å². The van der Waals surface area contributed by atoms with Crippen LogP contribution in [-0.2, 0) is 4.79 Å². The molecule has 2 fully saturated rings. The first kappa shape index (κ1) is 19.9. The third-order valence-electron chi connectivity index (χ3n) is 4.80. The molecule has 2 aliphatic rings. The van der Waals surface area contributed by atoms with Crippen molar-refractivity contribution in [2.24, 2.45) is 0 Å². The second-order valence-electron chi connectivity index (χ2n) is 6.91. The summed E-state index contributed by atoms with van der Waals surface area (Å²) >= 11 is 0. The Morgan fingerprint density at radius 2 is 1.96 bits per heavy atom. The van der Waals surface area contributed by atoms with Crippen LogP contribution in [0.5, 0.6) is 5.75 Å². The van der Waals surface area contributed by atoms with Crippen molar-refractivity contribution >= 4 is 18.3 Å². The smallest absolute Gasteiger partial charge is 0.262 e. The van der Waals surface area contributed by atoms with Crippen LogP contribution < -0.4 is 10.1 Å². The molecule has 1 unspecified atom stereocenters. The third kappa shape index (κ3) is 4.82. The number of nitrogens with zero attached hydrogens (tertiary/aromatic N) is 1. The number of hydrogen-bond acceptors (Lipinski definition) is 3. The summed E-state index contributed by atoms with van der Waals surface area (Å²) in [6.07, 6.45) is 1.11. The predicted octanol–water partition coefficient (Wildman–Crippen LogP) is 3.09. The number of nitrogens with one attached hydrogen (secondary N) is 1. The zero-order valence-corrected chi connectivity index (χ0v) is 15.4. The summed E-state index contributed by atoms with van der Waals surface area (Å²) < 4.78 is 32.6. The van der Waals surface area contributed by atoms with E-state index in [0.29, 0.717) is 13.1 Å². The van der Waals surface area contributed by atoms with Crippen molar-refractivity contribution in [1.82, 2.24) is 10.2 Å². The lowest BCUT2D eigenvalue weighted by Crippen LogP contribution is -2.48. The molecule has 4 nitrogen and oxygen atoms in total. The maximum absolute atomic E-state index is 13.2. The molecule has 1 atom stereocenters. The van der Waals surface area contributed by atoms with E-state index in [1.54, 1.807) is 4.90 Å². The summed E-state index contributed by atoms with van der Waals surface area (Å²) in [7, 11) is 0. The lowest BCUT2D eigenvalue weighted by atomic mass is 10.1. The summed E-state index contributed by atoms with van der Waals surface area (Å²) in [6.45, 7) is 4.74. The Bertz CT molecular complexity index is 619. The molecule has 0 saturated carbocycles. The number of rotatable bonds is 3. The summed E-state index contributed by atoms with van der Waals surface area (Å²) in [5, 5.41) is 2.64. The van der Waals surface area contributed by atoms with Crippen LogP contribution in [-0.4, -0.2) is 48.5 Å². The van der Waals surface area contributed by atoms with Gasteiger partial charge in [0.2, 0.25) is 5.91 Å². The van der Waals surface area contributed by atoms with Gasteiger partial charge in [-0.2, -0.15) is 0 Å². The summed E-state index contributed by atoms with van der Waals surface area (Å²) in [6, 6.07) is 5.36. The molecule has 0 bridgehead atoms. The summed E-state index contributed by atoms with van der Waals surface area (Å²) in [5.41, 5.74) is 2.24. The molecule has 0 radical (unpaired) electrons. The monoisotopic (exact) mass is 374 g/mol. The van der Waals surface area contributed by atoms with E-state index in [0.717, 1.165) is 29.7 Å². The Kier molecular flexibility index (Phi) is 6.27. The minimum atomic E-state index is -2.77. The van der Waals surface area contributed by atoms with Crippen molar-refractivity contribution in [2.75, 3.05) is 19.6 Å². The lowest BCUT2D eigenvalue weighted by molar-refractivity contribution is -0.135. The minimum Gasteiger partial charge on any atom is -0.490 e. The molecule has 0 spiro atoms. The largest absolute Gasteiger partial charge is 0.490 e. The van der Waals surface area contributed by atoms with Crippen molar-refractivity contribution in [1.29, 1.82) is 0 Å². The van der Waals surface area contributed by atoms with Crippen molar-refractivity contribution in [3.05, 3.63) is 29.3 Å². The van der Waals surface area contributed by atoms with E-state index in [1.165, 1.54) is 0 Å². The highest BCUT2D eigenvalue weighted by atomic mass is 35.5. The zero-order valence-electron chi connectivity index (χ0n) is 14.6. The van der Waals surface area contributed by atoms with E-state index < -0.39 is 24.9 Å².